The van der Waals surface area contributed by atoms with Gasteiger partial charge in [-0.25, -0.2) is 0 Å². The van der Waals surface area contributed by atoms with Crippen molar-refractivity contribution in [1.82, 2.24) is 0 Å². The number of amides is 1. The lowest BCUT2D eigenvalue weighted by Crippen LogP contribution is -2.45. The number of carbonyl (C=O) groups excluding carboxylic acids is 1. The fourth-order valence-corrected chi connectivity index (χ4v) is 2.47. The summed E-state index contributed by atoms with van der Waals surface area (Å²) in [6.07, 6.45) is 2.49. The van der Waals surface area contributed by atoms with Gasteiger partial charge in [0.25, 0.3) is 5.91 Å². The van der Waals surface area contributed by atoms with E-state index in [0.717, 1.165) is 30.2 Å². The summed E-state index contributed by atoms with van der Waals surface area (Å²) < 4.78 is 5.72. The van der Waals surface area contributed by atoms with E-state index in [9.17, 15) is 4.79 Å². The van der Waals surface area contributed by atoms with E-state index in [0.29, 0.717) is 0 Å². The largest absolute Gasteiger partial charge is 0.476 e. The Hall–Kier alpha value is -1.71. The average Bonchev–Trinajstić information content (AvgIpc) is 2.83. The van der Waals surface area contributed by atoms with Crippen molar-refractivity contribution in [3.05, 3.63) is 18.2 Å². The van der Waals surface area contributed by atoms with E-state index in [1.807, 2.05) is 12.1 Å². The highest BCUT2D eigenvalue weighted by molar-refractivity contribution is 6.00. The second kappa shape index (κ2) is 3.90. The van der Waals surface area contributed by atoms with Gasteiger partial charge in [-0.05, 0) is 44.9 Å². The Balaban J connectivity index is 1.92. The predicted octanol–water partition coefficient (Wildman–Crippen LogP) is 2.40. The van der Waals surface area contributed by atoms with Crippen molar-refractivity contribution in [3.63, 3.8) is 0 Å². The first-order valence-electron chi connectivity index (χ1n) is 6.46. The number of anilines is 2. The van der Waals surface area contributed by atoms with Crippen LogP contribution in [0.15, 0.2) is 18.2 Å². The Labute approximate surface area is 107 Å². The minimum absolute atomic E-state index is 0.0893. The number of hydrogen-bond donors (Lipinski definition) is 1. The molecule has 0 unspecified atom stereocenters. The van der Waals surface area contributed by atoms with Gasteiger partial charge < -0.3 is 15.0 Å². The first-order valence-corrected chi connectivity index (χ1v) is 6.46. The molecule has 1 aromatic rings. The second-order valence-electron chi connectivity index (χ2n) is 5.44. The molecule has 2 heterocycles. The molecule has 1 N–H and O–H groups in total. The van der Waals surface area contributed by atoms with Crippen LogP contribution in [0.5, 0.6) is 5.75 Å². The van der Waals surface area contributed by atoms with Gasteiger partial charge in [-0.15, -0.1) is 0 Å². The topological polar surface area (TPSA) is 41.6 Å². The number of nitrogens with one attached hydrogen (secondary N) is 1. The van der Waals surface area contributed by atoms with Gasteiger partial charge in [0.15, 0.2) is 5.60 Å². The summed E-state index contributed by atoms with van der Waals surface area (Å²) in [7, 11) is 0. The average molecular weight is 246 g/mol. The van der Waals surface area contributed by atoms with Crippen LogP contribution in [0.4, 0.5) is 11.4 Å². The van der Waals surface area contributed by atoms with Crippen molar-refractivity contribution in [3.8, 4) is 5.75 Å². The summed E-state index contributed by atoms with van der Waals surface area (Å²) in [5, 5.41) is 2.92. The van der Waals surface area contributed by atoms with Crippen LogP contribution in [0.1, 0.15) is 26.7 Å². The number of carbonyl (C=O) groups is 1. The maximum Gasteiger partial charge on any atom is 0.268 e. The second-order valence-corrected chi connectivity index (χ2v) is 5.44. The summed E-state index contributed by atoms with van der Waals surface area (Å²) in [5.74, 6) is 0.663. The molecular formula is C14H18N2O2. The number of ether oxygens (including phenoxy) is 1. The molecule has 3 rings (SSSR count). The molecule has 0 atom stereocenters. The lowest BCUT2D eigenvalue weighted by atomic mass is 10.1. The predicted molar refractivity (Wildman–Crippen MR) is 71.2 cm³/mol. The van der Waals surface area contributed by atoms with Gasteiger partial charge in [0.1, 0.15) is 5.75 Å². The van der Waals surface area contributed by atoms with Gasteiger partial charge in [0, 0.05) is 18.8 Å². The van der Waals surface area contributed by atoms with E-state index in [-0.39, 0.29) is 5.91 Å². The van der Waals surface area contributed by atoms with Gasteiger partial charge in [0.05, 0.1) is 5.69 Å². The molecular weight excluding hydrogens is 228 g/mol. The minimum Gasteiger partial charge on any atom is -0.476 e. The molecule has 4 heteroatoms. The molecule has 1 fully saturated rings. The molecule has 1 aromatic carbocycles. The molecule has 1 amide bonds. The zero-order valence-electron chi connectivity index (χ0n) is 10.8. The third kappa shape index (κ3) is 1.82. The lowest BCUT2D eigenvalue weighted by molar-refractivity contribution is -0.129. The monoisotopic (exact) mass is 246 g/mol. The van der Waals surface area contributed by atoms with Crippen molar-refractivity contribution in [2.75, 3.05) is 23.3 Å². The molecule has 2 aliphatic heterocycles. The summed E-state index contributed by atoms with van der Waals surface area (Å²) in [6.45, 7) is 5.75. The Bertz CT molecular complexity index is 491. The van der Waals surface area contributed by atoms with Gasteiger partial charge in [-0.3, -0.25) is 4.79 Å². The highest BCUT2D eigenvalue weighted by Crippen LogP contribution is 2.36. The van der Waals surface area contributed by atoms with Gasteiger partial charge in [0.2, 0.25) is 0 Å². The Morgan fingerprint density at radius 3 is 2.72 bits per heavy atom. The molecule has 96 valence electrons. The number of fused-ring (bicyclic) bond motifs is 1. The Morgan fingerprint density at radius 1 is 1.28 bits per heavy atom. The fraction of sp³-hybridized carbons (Fsp3) is 0.500. The van der Waals surface area contributed by atoms with Crippen LogP contribution in [-0.2, 0) is 4.79 Å². The third-order valence-electron chi connectivity index (χ3n) is 3.59. The third-order valence-corrected chi connectivity index (χ3v) is 3.59. The molecule has 18 heavy (non-hydrogen) atoms. The van der Waals surface area contributed by atoms with E-state index in [2.05, 4.69) is 16.3 Å². The fourth-order valence-electron chi connectivity index (χ4n) is 2.47. The standard InChI is InChI=1S/C14H18N2O2/c1-14(2)13(17)15-11-9-10(5-6-12(11)18-14)16-7-3-4-8-16/h5-6,9H,3-4,7-8H2,1-2H3,(H,15,17). The van der Waals surface area contributed by atoms with Crippen LogP contribution in [0.25, 0.3) is 0 Å². The molecule has 0 saturated carbocycles. The highest BCUT2D eigenvalue weighted by atomic mass is 16.5. The number of benzene rings is 1. The van der Waals surface area contributed by atoms with Crippen molar-refractivity contribution >= 4 is 17.3 Å². The van der Waals surface area contributed by atoms with Crippen molar-refractivity contribution in [1.29, 1.82) is 0 Å². The highest BCUT2D eigenvalue weighted by Gasteiger charge is 2.35. The number of rotatable bonds is 1. The van der Waals surface area contributed by atoms with E-state index >= 15 is 0 Å². The molecule has 1 saturated heterocycles. The van der Waals surface area contributed by atoms with Crippen molar-refractivity contribution < 1.29 is 9.53 Å². The maximum atomic E-state index is 11.9. The quantitative estimate of drug-likeness (QED) is 0.827. The van der Waals surface area contributed by atoms with Gasteiger partial charge in [-0.2, -0.15) is 0 Å². The van der Waals surface area contributed by atoms with E-state index in [4.69, 9.17) is 4.74 Å². The summed E-state index contributed by atoms with van der Waals surface area (Å²) in [6, 6.07) is 6.02. The molecule has 2 aliphatic rings. The zero-order valence-corrected chi connectivity index (χ0v) is 10.8. The normalized spacial score (nSPS) is 21.2. The van der Waals surface area contributed by atoms with E-state index in [1.54, 1.807) is 13.8 Å². The van der Waals surface area contributed by atoms with Crippen LogP contribution in [0, 0.1) is 0 Å². The van der Waals surface area contributed by atoms with Crippen LogP contribution < -0.4 is 15.0 Å². The Kier molecular flexibility index (Phi) is 2.47. The molecule has 0 radical (unpaired) electrons. The van der Waals surface area contributed by atoms with Crippen LogP contribution >= 0.6 is 0 Å². The summed E-state index contributed by atoms with van der Waals surface area (Å²) in [5.41, 5.74) is 1.15. The zero-order chi connectivity index (χ0) is 12.8. The van der Waals surface area contributed by atoms with Crippen LogP contribution in [-0.4, -0.2) is 24.6 Å². The molecule has 0 aromatic heterocycles. The van der Waals surface area contributed by atoms with E-state index in [1.165, 1.54) is 12.8 Å². The van der Waals surface area contributed by atoms with Crippen LogP contribution in [0.3, 0.4) is 0 Å². The van der Waals surface area contributed by atoms with Gasteiger partial charge in [-0.1, -0.05) is 0 Å². The smallest absolute Gasteiger partial charge is 0.268 e. The minimum atomic E-state index is -0.790. The lowest BCUT2D eigenvalue weighted by Gasteiger charge is -2.32. The first kappa shape index (κ1) is 11.4. The molecule has 0 aliphatic carbocycles. The number of nitrogens with zero attached hydrogens (tertiary/aromatic N) is 1. The Morgan fingerprint density at radius 2 is 2.00 bits per heavy atom. The SMILES string of the molecule is CC1(C)Oc2ccc(N3CCCC3)cc2NC1=O. The van der Waals surface area contributed by atoms with Crippen molar-refractivity contribution in [2.45, 2.75) is 32.3 Å². The van der Waals surface area contributed by atoms with Gasteiger partial charge >= 0.3 is 0 Å². The molecule has 0 spiro atoms. The first-order chi connectivity index (χ1) is 8.56. The molecule has 0 bridgehead atoms. The van der Waals surface area contributed by atoms with Crippen LogP contribution in [0.2, 0.25) is 0 Å². The molecule has 4 nitrogen and oxygen atoms in total. The van der Waals surface area contributed by atoms with Crippen molar-refractivity contribution in [2.24, 2.45) is 0 Å². The van der Waals surface area contributed by atoms with E-state index < -0.39 is 5.60 Å². The maximum absolute atomic E-state index is 11.9. The number of hydrogen-bond acceptors (Lipinski definition) is 3. The summed E-state index contributed by atoms with van der Waals surface area (Å²) in [4.78, 5) is 14.2. The summed E-state index contributed by atoms with van der Waals surface area (Å²) >= 11 is 0.